The van der Waals surface area contributed by atoms with Gasteiger partial charge in [0.2, 0.25) is 0 Å². The Kier molecular flexibility index (Phi) is 7.05. The van der Waals surface area contributed by atoms with E-state index < -0.39 is 0 Å². The maximum Gasteiger partial charge on any atom is 0.319 e. The smallest absolute Gasteiger partial charge is 0.319 e. The van der Waals surface area contributed by atoms with Crippen LogP contribution in [0.3, 0.4) is 0 Å². The highest BCUT2D eigenvalue weighted by Gasteiger charge is 2.28. The molecular weight excluding hydrogens is 462 g/mol. The van der Waals surface area contributed by atoms with Crippen molar-refractivity contribution in [2.45, 2.75) is 31.6 Å². The molecule has 0 saturated carbocycles. The Morgan fingerprint density at radius 1 is 1.28 bits per heavy atom. The van der Waals surface area contributed by atoms with Crippen LogP contribution in [0.5, 0.6) is 0 Å². The number of likely N-dealkylation sites (N-methyl/N-ethyl adjacent to an activating group) is 1. The fraction of sp³-hybridized carbons (Fsp3) is 0.375. The minimum atomic E-state index is -0.244. The molecule has 12 heteroatoms. The highest BCUT2D eigenvalue weighted by Crippen LogP contribution is 2.31. The number of carbonyl (C=O) groups is 1. The Hall–Kier alpha value is -4.03. The van der Waals surface area contributed by atoms with E-state index in [9.17, 15) is 4.79 Å². The third-order valence-corrected chi connectivity index (χ3v) is 6.14. The summed E-state index contributed by atoms with van der Waals surface area (Å²) in [6, 6.07) is 7.19. The van der Waals surface area contributed by atoms with Gasteiger partial charge < -0.3 is 30.4 Å². The van der Waals surface area contributed by atoms with E-state index in [-0.39, 0.29) is 18.4 Å². The third kappa shape index (κ3) is 5.44. The SMILES string of the molecule is CN(CCCNC(=O)Nc1cccc(-c2cnco2)c1)CC1CCC(n2cnc3c(N)ncnc32)O1. The number of anilines is 2. The number of carbonyl (C=O) groups excluding carboxylic acids is 1. The number of rotatable bonds is 9. The number of fused-ring (bicyclic) bond motifs is 1. The van der Waals surface area contributed by atoms with Gasteiger partial charge in [-0.1, -0.05) is 12.1 Å². The van der Waals surface area contributed by atoms with Gasteiger partial charge in [-0.3, -0.25) is 4.57 Å². The van der Waals surface area contributed by atoms with Crippen LogP contribution >= 0.6 is 0 Å². The zero-order chi connectivity index (χ0) is 24.9. The number of oxazole rings is 1. The van der Waals surface area contributed by atoms with Crippen molar-refractivity contribution in [2.24, 2.45) is 0 Å². The van der Waals surface area contributed by atoms with Gasteiger partial charge in [-0.15, -0.1) is 0 Å². The van der Waals surface area contributed by atoms with Crippen LogP contribution in [0.25, 0.3) is 22.5 Å². The number of nitrogens with two attached hydrogens (primary N) is 1. The van der Waals surface area contributed by atoms with Gasteiger partial charge in [0.05, 0.1) is 18.6 Å². The lowest BCUT2D eigenvalue weighted by Gasteiger charge is -2.21. The summed E-state index contributed by atoms with van der Waals surface area (Å²) in [5, 5.41) is 5.76. The van der Waals surface area contributed by atoms with Crippen molar-refractivity contribution in [3.8, 4) is 11.3 Å². The van der Waals surface area contributed by atoms with Crippen LogP contribution in [-0.2, 0) is 4.74 Å². The van der Waals surface area contributed by atoms with E-state index in [0.29, 0.717) is 35.0 Å². The summed E-state index contributed by atoms with van der Waals surface area (Å²) >= 11 is 0. The van der Waals surface area contributed by atoms with Gasteiger partial charge in [-0.05, 0) is 45.0 Å². The minimum absolute atomic E-state index is 0.115. The molecule has 1 saturated heterocycles. The number of aromatic nitrogens is 5. The first-order chi connectivity index (χ1) is 17.6. The number of benzene rings is 1. The van der Waals surface area contributed by atoms with Crippen molar-refractivity contribution in [2.75, 3.05) is 37.7 Å². The largest absolute Gasteiger partial charge is 0.444 e. The number of hydrogen-bond acceptors (Lipinski definition) is 9. The van der Waals surface area contributed by atoms with Gasteiger partial charge in [0, 0.05) is 24.3 Å². The molecule has 0 aliphatic carbocycles. The monoisotopic (exact) mass is 491 g/mol. The summed E-state index contributed by atoms with van der Waals surface area (Å²) in [7, 11) is 2.06. The molecule has 1 aliphatic heterocycles. The standard InChI is InChI=1S/C24H29N9O3/c1-32(12-18-6-7-20(36-18)33-14-30-21-22(25)28-13-29-23(21)33)9-3-8-27-24(34)31-17-5-2-4-16(10-17)19-11-26-15-35-19/h2,4-5,10-11,13-15,18,20H,3,6-9,12H2,1H3,(H2,25,28,29)(H2,27,31,34). The van der Waals surface area contributed by atoms with Crippen molar-refractivity contribution in [3.05, 3.63) is 49.5 Å². The molecule has 188 valence electrons. The second-order valence-electron chi connectivity index (χ2n) is 8.82. The Bertz CT molecular complexity index is 1310. The van der Waals surface area contributed by atoms with Gasteiger partial charge in [-0.25, -0.2) is 24.7 Å². The summed E-state index contributed by atoms with van der Waals surface area (Å²) < 4.78 is 13.5. The highest BCUT2D eigenvalue weighted by atomic mass is 16.5. The maximum absolute atomic E-state index is 12.3. The molecule has 0 radical (unpaired) electrons. The lowest BCUT2D eigenvalue weighted by atomic mass is 10.1. The van der Waals surface area contributed by atoms with Crippen LogP contribution in [0, 0.1) is 0 Å². The maximum atomic E-state index is 12.3. The number of imidazole rings is 1. The molecule has 4 aromatic rings. The van der Waals surface area contributed by atoms with Crippen LogP contribution in [0.2, 0.25) is 0 Å². The Labute approximate surface area is 207 Å². The predicted octanol–water partition coefficient (Wildman–Crippen LogP) is 2.88. The van der Waals surface area contributed by atoms with Crippen molar-refractivity contribution in [1.29, 1.82) is 0 Å². The Morgan fingerprint density at radius 3 is 3.06 bits per heavy atom. The molecular formula is C24H29N9O3. The van der Waals surface area contributed by atoms with Gasteiger partial charge in [0.15, 0.2) is 23.6 Å². The van der Waals surface area contributed by atoms with Crippen LogP contribution in [0.1, 0.15) is 25.5 Å². The fourth-order valence-corrected chi connectivity index (χ4v) is 4.38. The molecule has 12 nitrogen and oxygen atoms in total. The highest BCUT2D eigenvalue weighted by molar-refractivity contribution is 5.89. The van der Waals surface area contributed by atoms with Crippen LogP contribution in [0.15, 0.2) is 53.9 Å². The summed E-state index contributed by atoms with van der Waals surface area (Å²) in [4.78, 5) is 31.1. The van der Waals surface area contributed by atoms with Crippen molar-refractivity contribution in [3.63, 3.8) is 0 Å². The Morgan fingerprint density at radius 2 is 2.19 bits per heavy atom. The van der Waals surface area contributed by atoms with Crippen molar-refractivity contribution >= 4 is 28.7 Å². The molecule has 0 bridgehead atoms. The molecule has 1 aromatic carbocycles. The molecule has 2 unspecified atom stereocenters. The minimum Gasteiger partial charge on any atom is -0.444 e. The number of amides is 2. The van der Waals surface area contributed by atoms with Gasteiger partial charge >= 0.3 is 6.03 Å². The number of nitrogens with zero attached hydrogens (tertiary/aromatic N) is 6. The van der Waals surface area contributed by atoms with E-state index in [1.165, 1.54) is 12.7 Å². The fourth-order valence-electron chi connectivity index (χ4n) is 4.38. The average molecular weight is 492 g/mol. The third-order valence-electron chi connectivity index (χ3n) is 6.14. The summed E-state index contributed by atoms with van der Waals surface area (Å²) in [5.41, 5.74) is 8.71. The van der Waals surface area contributed by atoms with Crippen LogP contribution < -0.4 is 16.4 Å². The van der Waals surface area contributed by atoms with Crippen molar-refractivity contribution < 1.29 is 13.9 Å². The average Bonchev–Trinajstić information content (AvgIpc) is 3.63. The molecule has 36 heavy (non-hydrogen) atoms. The summed E-state index contributed by atoms with van der Waals surface area (Å²) in [6.45, 7) is 2.21. The van der Waals surface area contributed by atoms with Crippen molar-refractivity contribution in [1.82, 2.24) is 34.7 Å². The predicted molar refractivity (Wildman–Crippen MR) is 134 cm³/mol. The molecule has 2 amide bonds. The summed E-state index contributed by atoms with van der Waals surface area (Å²) in [5.74, 6) is 1.02. The number of nitrogens with one attached hydrogen (secondary N) is 2. The normalized spacial score (nSPS) is 17.6. The summed E-state index contributed by atoms with van der Waals surface area (Å²) in [6.07, 6.45) is 8.83. The van der Waals surface area contributed by atoms with E-state index >= 15 is 0 Å². The van der Waals surface area contributed by atoms with E-state index in [2.05, 4.69) is 42.5 Å². The zero-order valence-corrected chi connectivity index (χ0v) is 20.0. The zero-order valence-electron chi connectivity index (χ0n) is 20.0. The molecule has 1 aliphatic rings. The topological polar surface area (TPSA) is 149 Å². The molecule has 1 fully saturated rings. The quantitative estimate of drug-likeness (QED) is 0.300. The lowest BCUT2D eigenvalue weighted by Crippen LogP contribution is -2.34. The first kappa shape index (κ1) is 23.7. The van der Waals surface area contributed by atoms with Crippen LogP contribution in [-0.4, -0.2) is 68.2 Å². The molecule has 4 heterocycles. The number of hydrogen-bond donors (Lipinski definition) is 3. The molecule has 5 rings (SSSR count). The lowest BCUT2D eigenvalue weighted by molar-refractivity contribution is -0.00849. The Balaban J connectivity index is 1.02. The molecule has 0 spiro atoms. The number of ether oxygens (including phenoxy) is 1. The van der Waals surface area contributed by atoms with E-state index in [1.54, 1.807) is 12.5 Å². The molecule has 3 aromatic heterocycles. The second kappa shape index (κ2) is 10.7. The molecule has 4 N–H and O–H groups in total. The van der Waals surface area contributed by atoms with Gasteiger partial charge in [0.1, 0.15) is 18.1 Å². The van der Waals surface area contributed by atoms with E-state index in [1.807, 2.05) is 28.8 Å². The number of urea groups is 1. The van der Waals surface area contributed by atoms with E-state index in [0.717, 1.165) is 37.9 Å². The van der Waals surface area contributed by atoms with Crippen LogP contribution in [0.4, 0.5) is 16.3 Å². The number of nitrogen functional groups attached to an aromatic ring is 1. The van der Waals surface area contributed by atoms with E-state index in [4.69, 9.17) is 14.9 Å². The molecule has 2 atom stereocenters. The van der Waals surface area contributed by atoms with Gasteiger partial charge in [-0.2, -0.15) is 0 Å². The van der Waals surface area contributed by atoms with Gasteiger partial charge in [0.25, 0.3) is 0 Å². The first-order valence-corrected chi connectivity index (χ1v) is 11.9. The first-order valence-electron chi connectivity index (χ1n) is 11.9. The second-order valence-corrected chi connectivity index (χ2v) is 8.82.